The molecule has 0 aliphatic rings. The van der Waals surface area contributed by atoms with Crippen molar-refractivity contribution in [1.82, 2.24) is 19.4 Å². The lowest BCUT2D eigenvalue weighted by molar-refractivity contribution is -0.131. The van der Waals surface area contributed by atoms with Crippen molar-refractivity contribution < 1.29 is 4.79 Å². The standard InChI is InChI=1S/C17H16N4O2/c1-20(10-13-6-3-2-4-7-13)15(22)11-21-12-19-16-14(17(21)23)8-5-9-18-16/h2-9,12H,10-11H2,1H3. The van der Waals surface area contributed by atoms with Crippen LogP contribution in [-0.4, -0.2) is 32.4 Å². The summed E-state index contributed by atoms with van der Waals surface area (Å²) in [5, 5.41) is 0.411. The molecule has 6 nitrogen and oxygen atoms in total. The van der Waals surface area contributed by atoms with Crippen molar-refractivity contribution in [3.05, 3.63) is 70.9 Å². The van der Waals surface area contributed by atoms with Crippen LogP contribution in [0.3, 0.4) is 0 Å². The number of carbonyl (C=O) groups is 1. The van der Waals surface area contributed by atoms with Crippen molar-refractivity contribution in [1.29, 1.82) is 0 Å². The normalized spacial score (nSPS) is 10.7. The van der Waals surface area contributed by atoms with E-state index in [9.17, 15) is 9.59 Å². The van der Waals surface area contributed by atoms with Gasteiger partial charge in [0, 0.05) is 19.8 Å². The van der Waals surface area contributed by atoms with Crippen LogP contribution in [0.15, 0.2) is 59.8 Å². The molecule has 0 N–H and O–H groups in total. The average Bonchev–Trinajstić information content (AvgIpc) is 2.58. The number of hydrogen-bond acceptors (Lipinski definition) is 4. The first-order chi connectivity index (χ1) is 11.1. The van der Waals surface area contributed by atoms with Crippen LogP contribution in [0, 0.1) is 0 Å². The third-order valence-corrected chi connectivity index (χ3v) is 3.59. The van der Waals surface area contributed by atoms with E-state index in [0.29, 0.717) is 17.6 Å². The van der Waals surface area contributed by atoms with Crippen LogP contribution in [0.25, 0.3) is 11.0 Å². The first kappa shape index (κ1) is 14.9. The highest BCUT2D eigenvalue weighted by molar-refractivity contribution is 5.77. The van der Waals surface area contributed by atoms with Gasteiger partial charge in [-0.25, -0.2) is 9.97 Å². The van der Waals surface area contributed by atoms with E-state index in [1.54, 1.807) is 30.3 Å². The number of amides is 1. The van der Waals surface area contributed by atoms with Gasteiger partial charge in [-0.05, 0) is 17.7 Å². The van der Waals surface area contributed by atoms with Crippen molar-refractivity contribution in [2.75, 3.05) is 7.05 Å². The fraction of sp³-hybridized carbons (Fsp3) is 0.176. The molecule has 0 bridgehead atoms. The molecule has 1 amide bonds. The number of hydrogen-bond donors (Lipinski definition) is 0. The van der Waals surface area contributed by atoms with Crippen molar-refractivity contribution in [2.45, 2.75) is 13.1 Å². The molecule has 0 unspecified atom stereocenters. The molecule has 116 valence electrons. The topological polar surface area (TPSA) is 68.1 Å². The Balaban J connectivity index is 1.77. The fourth-order valence-electron chi connectivity index (χ4n) is 2.32. The Morgan fingerprint density at radius 3 is 2.70 bits per heavy atom. The molecule has 0 fully saturated rings. The summed E-state index contributed by atoms with van der Waals surface area (Å²) >= 11 is 0. The highest BCUT2D eigenvalue weighted by Gasteiger charge is 2.12. The van der Waals surface area contributed by atoms with Crippen LogP contribution < -0.4 is 5.56 Å². The third-order valence-electron chi connectivity index (χ3n) is 3.59. The molecule has 1 aromatic carbocycles. The van der Waals surface area contributed by atoms with Crippen LogP contribution in [0.5, 0.6) is 0 Å². The lowest BCUT2D eigenvalue weighted by atomic mass is 10.2. The maximum absolute atomic E-state index is 12.4. The van der Waals surface area contributed by atoms with Gasteiger partial charge in [-0.2, -0.15) is 0 Å². The largest absolute Gasteiger partial charge is 0.340 e. The predicted octanol–water partition coefficient (Wildman–Crippen LogP) is 1.45. The van der Waals surface area contributed by atoms with E-state index < -0.39 is 0 Å². The van der Waals surface area contributed by atoms with E-state index in [4.69, 9.17) is 0 Å². The molecular weight excluding hydrogens is 292 g/mol. The second kappa shape index (κ2) is 6.39. The minimum Gasteiger partial charge on any atom is -0.340 e. The van der Waals surface area contributed by atoms with Gasteiger partial charge in [-0.3, -0.25) is 14.2 Å². The van der Waals surface area contributed by atoms with Crippen LogP contribution in [0.4, 0.5) is 0 Å². The molecule has 2 heterocycles. The molecule has 0 saturated carbocycles. The molecule has 0 saturated heterocycles. The van der Waals surface area contributed by atoms with E-state index in [1.807, 2.05) is 30.3 Å². The Labute approximate surface area is 133 Å². The fourth-order valence-corrected chi connectivity index (χ4v) is 2.32. The molecular formula is C17H16N4O2. The molecule has 0 aliphatic carbocycles. The van der Waals surface area contributed by atoms with Crippen molar-refractivity contribution in [3.8, 4) is 0 Å². The Morgan fingerprint density at radius 1 is 1.13 bits per heavy atom. The zero-order chi connectivity index (χ0) is 16.2. The Kier molecular flexibility index (Phi) is 4.14. The van der Waals surface area contributed by atoms with Gasteiger partial charge in [0.1, 0.15) is 12.9 Å². The maximum Gasteiger partial charge on any atom is 0.263 e. The Bertz CT molecular complexity index is 890. The van der Waals surface area contributed by atoms with Gasteiger partial charge in [0.2, 0.25) is 5.91 Å². The van der Waals surface area contributed by atoms with Gasteiger partial charge in [0.25, 0.3) is 5.56 Å². The van der Waals surface area contributed by atoms with Crippen molar-refractivity contribution >= 4 is 16.9 Å². The zero-order valence-electron chi connectivity index (χ0n) is 12.7. The number of aromatic nitrogens is 3. The second-order valence-electron chi connectivity index (χ2n) is 5.29. The quantitative estimate of drug-likeness (QED) is 0.731. The SMILES string of the molecule is CN(Cc1ccccc1)C(=O)Cn1cnc2ncccc2c1=O. The van der Waals surface area contributed by atoms with Crippen LogP contribution >= 0.6 is 0 Å². The third kappa shape index (κ3) is 3.26. The summed E-state index contributed by atoms with van der Waals surface area (Å²) in [6, 6.07) is 13.0. The van der Waals surface area contributed by atoms with Gasteiger partial charge in [0.05, 0.1) is 5.39 Å². The Morgan fingerprint density at radius 2 is 1.91 bits per heavy atom. The van der Waals surface area contributed by atoms with E-state index >= 15 is 0 Å². The van der Waals surface area contributed by atoms with Crippen molar-refractivity contribution in [2.24, 2.45) is 0 Å². The smallest absolute Gasteiger partial charge is 0.263 e. The van der Waals surface area contributed by atoms with Gasteiger partial charge >= 0.3 is 0 Å². The highest BCUT2D eigenvalue weighted by Crippen LogP contribution is 2.04. The summed E-state index contributed by atoms with van der Waals surface area (Å²) in [6.07, 6.45) is 2.95. The van der Waals surface area contributed by atoms with Gasteiger partial charge in [-0.1, -0.05) is 30.3 Å². The number of rotatable bonds is 4. The summed E-state index contributed by atoms with van der Waals surface area (Å²) in [5.74, 6) is -0.152. The molecule has 0 atom stereocenters. The molecule has 0 radical (unpaired) electrons. The molecule has 3 rings (SSSR count). The predicted molar refractivity (Wildman–Crippen MR) is 86.7 cm³/mol. The summed E-state index contributed by atoms with van der Waals surface area (Å²) < 4.78 is 1.31. The molecule has 2 aromatic heterocycles. The summed E-state index contributed by atoms with van der Waals surface area (Å²) in [7, 11) is 1.72. The monoisotopic (exact) mass is 308 g/mol. The van der Waals surface area contributed by atoms with Crippen LogP contribution in [0.1, 0.15) is 5.56 Å². The maximum atomic E-state index is 12.4. The highest BCUT2D eigenvalue weighted by atomic mass is 16.2. The first-order valence-electron chi connectivity index (χ1n) is 7.23. The van der Waals surface area contributed by atoms with Gasteiger partial charge in [0.15, 0.2) is 5.65 Å². The number of carbonyl (C=O) groups excluding carboxylic acids is 1. The van der Waals surface area contributed by atoms with Crippen LogP contribution in [0.2, 0.25) is 0 Å². The molecule has 0 aliphatic heterocycles. The van der Waals surface area contributed by atoms with E-state index in [1.165, 1.54) is 10.9 Å². The summed E-state index contributed by atoms with van der Waals surface area (Å²) in [6.45, 7) is 0.455. The van der Waals surface area contributed by atoms with E-state index in [-0.39, 0.29) is 18.0 Å². The minimum absolute atomic E-state index is 0.0417. The first-order valence-corrected chi connectivity index (χ1v) is 7.23. The molecule has 6 heteroatoms. The second-order valence-corrected chi connectivity index (χ2v) is 5.29. The average molecular weight is 308 g/mol. The Hall–Kier alpha value is -3.02. The molecule has 3 aromatic rings. The van der Waals surface area contributed by atoms with Gasteiger partial charge in [-0.15, -0.1) is 0 Å². The number of benzene rings is 1. The van der Waals surface area contributed by atoms with Gasteiger partial charge < -0.3 is 4.90 Å². The summed E-state index contributed by atoms with van der Waals surface area (Å²) in [4.78, 5) is 34.4. The molecule has 0 spiro atoms. The van der Waals surface area contributed by atoms with E-state index in [2.05, 4.69) is 9.97 Å². The minimum atomic E-state index is -0.260. The van der Waals surface area contributed by atoms with Crippen LogP contribution in [-0.2, 0) is 17.9 Å². The summed E-state index contributed by atoms with van der Waals surface area (Å²) in [5.41, 5.74) is 1.17. The number of fused-ring (bicyclic) bond motifs is 1. The lowest BCUT2D eigenvalue weighted by Crippen LogP contribution is -2.33. The lowest BCUT2D eigenvalue weighted by Gasteiger charge is -2.17. The number of pyridine rings is 1. The number of nitrogens with zero attached hydrogens (tertiary/aromatic N) is 4. The van der Waals surface area contributed by atoms with E-state index in [0.717, 1.165) is 5.56 Å². The molecule has 23 heavy (non-hydrogen) atoms. The number of likely N-dealkylation sites (N-methyl/N-ethyl adjacent to an activating group) is 1. The zero-order valence-corrected chi connectivity index (χ0v) is 12.7. The van der Waals surface area contributed by atoms with Crippen molar-refractivity contribution in [3.63, 3.8) is 0 Å².